The lowest BCUT2D eigenvalue weighted by atomic mass is 9.92. The number of halogens is 1. The molecule has 1 fully saturated rings. The molecule has 1 aromatic heterocycles. The number of aryl methyl sites for hydroxylation is 2. The molecule has 5 rings (SSSR count). The Labute approximate surface area is 168 Å². The first-order valence-corrected chi connectivity index (χ1v) is 10.3. The minimum Gasteiger partial charge on any atom is -0.483 e. The lowest BCUT2D eigenvalue weighted by molar-refractivity contribution is -0.119. The molecule has 150 valence electrons. The molecule has 1 saturated heterocycles. The molecule has 1 amide bonds. The van der Waals surface area contributed by atoms with Gasteiger partial charge in [0.2, 0.25) is 5.91 Å². The molecular formula is C23H24FN3O2. The molecule has 0 bridgehead atoms. The molecule has 0 spiro atoms. The number of aromatic nitrogens is 2. The van der Waals surface area contributed by atoms with E-state index in [2.05, 4.69) is 9.97 Å². The lowest BCUT2D eigenvalue weighted by Crippen LogP contribution is -2.36. The average molecular weight is 393 g/mol. The molecule has 1 N–H and O–H groups in total. The van der Waals surface area contributed by atoms with E-state index in [1.807, 2.05) is 30.9 Å². The van der Waals surface area contributed by atoms with Gasteiger partial charge in [0.05, 0.1) is 11.2 Å². The Balaban J connectivity index is 1.62. The summed E-state index contributed by atoms with van der Waals surface area (Å²) in [5.74, 6) is 1.50. The van der Waals surface area contributed by atoms with Crippen LogP contribution in [0.3, 0.4) is 0 Å². The third-order valence-corrected chi connectivity index (χ3v) is 6.04. The highest BCUT2D eigenvalue weighted by molar-refractivity contribution is 5.99. The maximum atomic E-state index is 13.6. The molecule has 5 nitrogen and oxygen atoms in total. The van der Waals surface area contributed by atoms with Crippen molar-refractivity contribution in [1.29, 1.82) is 0 Å². The number of imidazole rings is 1. The molecule has 2 aliphatic rings. The number of aromatic amines is 1. The first-order valence-electron chi connectivity index (χ1n) is 10.3. The van der Waals surface area contributed by atoms with Gasteiger partial charge in [0, 0.05) is 18.5 Å². The highest BCUT2D eigenvalue weighted by Crippen LogP contribution is 2.45. The summed E-state index contributed by atoms with van der Waals surface area (Å²) in [6.07, 6.45) is 3.97. The Hall–Kier alpha value is -2.89. The van der Waals surface area contributed by atoms with Crippen molar-refractivity contribution in [3.05, 3.63) is 52.6 Å². The van der Waals surface area contributed by atoms with Crippen LogP contribution in [0.15, 0.2) is 24.3 Å². The van der Waals surface area contributed by atoms with Crippen molar-refractivity contribution in [1.82, 2.24) is 9.97 Å². The molecule has 3 heterocycles. The van der Waals surface area contributed by atoms with E-state index in [0.29, 0.717) is 6.42 Å². The number of nitrogens with one attached hydrogen (secondary N) is 1. The second kappa shape index (κ2) is 6.87. The van der Waals surface area contributed by atoms with E-state index in [0.717, 1.165) is 77.2 Å². The summed E-state index contributed by atoms with van der Waals surface area (Å²) < 4.78 is 20.1. The van der Waals surface area contributed by atoms with Crippen molar-refractivity contribution in [2.75, 3.05) is 11.4 Å². The number of fused-ring (bicyclic) bond motifs is 3. The van der Waals surface area contributed by atoms with Crippen LogP contribution in [-0.2, 0) is 11.2 Å². The van der Waals surface area contributed by atoms with Crippen LogP contribution in [0.2, 0.25) is 0 Å². The molecule has 2 aromatic carbocycles. The molecule has 0 unspecified atom stereocenters. The van der Waals surface area contributed by atoms with Crippen molar-refractivity contribution in [2.45, 2.75) is 52.1 Å². The number of H-pyrrole nitrogens is 1. The Bertz CT molecular complexity index is 1120. The van der Waals surface area contributed by atoms with Gasteiger partial charge in [0.25, 0.3) is 0 Å². The number of benzene rings is 2. The number of nitrogens with zero attached hydrogens (tertiary/aromatic N) is 2. The molecule has 0 aliphatic carbocycles. The third-order valence-electron chi connectivity index (χ3n) is 6.04. The second-order valence-corrected chi connectivity index (χ2v) is 8.07. The first kappa shape index (κ1) is 18.2. The Morgan fingerprint density at radius 3 is 2.86 bits per heavy atom. The zero-order valence-corrected chi connectivity index (χ0v) is 16.7. The third kappa shape index (κ3) is 3.07. The summed E-state index contributed by atoms with van der Waals surface area (Å²) in [7, 11) is 0. The fraction of sp³-hybridized carbons (Fsp3) is 0.391. The van der Waals surface area contributed by atoms with E-state index in [1.165, 1.54) is 6.07 Å². The number of hydrogen-bond acceptors (Lipinski definition) is 3. The van der Waals surface area contributed by atoms with Gasteiger partial charge in [-0.1, -0.05) is 6.07 Å². The predicted molar refractivity (Wildman–Crippen MR) is 110 cm³/mol. The van der Waals surface area contributed by atoms with Gasteiger partial charge in [-0.05, 0) is 68.9 Å². The van der Waals surface area contributed by atoms with E-state index in [9.17, 15) is 9.18 Å². The molecule has 6 heteroatoms. The number of piperidine rings is 1. The van der Waals surface area contributed by atoms with Crippen LogP contribution < -0.4 is 9.64 Å². The summed E-state index contributed by atoms with van der Waals surface area (Å²) in [4.78, 5) is 22.5. The quantitative estimate of drug-likeness (QED) is 0.674. The smallest absolute Gasteiger partial charge is 0.226 e. The number of carbonyl (C=O) groups excluding carboxylic acids is 1. The number of carbonyl (C=O) groups is 1. The van der Waals surface area contributed by atoms with E-state index in [1.54, 1.807) is 6.07 Å². The lowest BCUT2D eigenvalue weighted by Gasteiger charge is -2.33. The highest BCUT2D eigenvalue weighted by Gasteiger charge is 2.31. The molecule has 0 saturated carbocycles. The summed E-state index contributed by atoms with van der Waals surface area (Å²) in [5, 5.41) is 0. The number of rotatable bonds is 2. The largest absolute Gasteiger partial charge is 0.483 e. The monoisotopic (exact) mass is 393 g/mol. The van der Waals surface area contributed by atoms with Gasteiger partial charge in [-0.2, -0.15) is 0 Å². The standard InChI is InChI=1S/C23H24FN3O2/c1-13-11-15(24)6-7-16(13)20-9-8-17-19(27-10-4-3-5-21(27)28)12-18-22(23(17)29-20)26-14(2)25-18/h6-7,11-12,20H,3-5,8-10H2,1-2H3,(H,25,26)/t20-/m0/s1. The second-order valence-electron chi connectivity index (χ2n) is 8.07. The van der Waals surface area contributed by atoms with Gasteiger partial charge in [-0.15, -0.1) is 0 Å². The summed E-state index contributed by atoms with van der Waals surface area (Å²) in [6.45, 7) is 4.57. The first-order chi connectivity index (χ1) is 14.0. The van der Waals surface area contributed by atoms with Crippen molar-refractivity contribution in [2.24, 2.45) is 0 Å². The van der Waals surface area contributed by atoms with Crippen LogP contribution in [0.4, 0.5) is 10.1 Å². The summed E-state index contributed by atoms with van der Waals surface area (Å²) >= 11 is 0. The maximum Gasteiger partial charge on any atom is 0.226 e. The van der Waals surface area contributed by atoms with Gasteiger partial charge in [-0.3, -0.25) is 4.79 Å². The fourth-order valence-electron chi connectivity index (χ4n) is 4.64. The van der Waals surface area contributed by atoms with Crippen molar-refractivity contribution in [3.8, 4) is 5.75 Å². The fourth-order valence-corrected chi connectivity index (χ4v) is 4.64. The van der Waals surface area contributed by atoms with Crippen LogP contribution in [0, 0.1) is 19.7 Å². The Morgan fingerprint density at radius 2 is 2.07 bits per heavy atom. The van der Waals surface area contributed by atoms with E-state index >= 15 is 0 Å². The summed E-state index contributed by atoms with van der Waals surface area (Å²) in [6, 6.07) is 6.89. The number of amides is 1. The highest BCUT2D eigenvalue weighted by atomic mass is 19.1. The van der Waals surface area contributed by atoms with E-state index in [4.69, 9.17) is 4.74 Å². The number of hydrogen-bond donors (Lipinski definition) is 1. The molecule has 2 aliphatic heterocycles. The van der Waals surface area contributed by atoms with Gasteiger partial charge in [-0.25, -0.2) is 9.37 Å². The van der Waals surface area contributed by atoms with Gasteiger partial charge >= 0.3 is 0 Å². The Kier molecular flexibility index (Phi) is 4.30. The van der Waals surface area contributed by atoms with Gasteiger partial charge < -0.3 is 14.6 Å². The van der Waals surface area contributed by atoms with Crippen LogP contribution in [0.5, 0.6) is 5.75 Å². The van der Waals surface area contributed by atoms with Crippen LogP contribution >= 0.6 is 0 Å². The zero-order chi connectivity index (χ0) is 20.1. The SMILES string of the molecule is Cc1nc2c3c(c(N4CCCCC4=O)cc2[nH]1)CC[C@@H](c1ccc(F)cc1C)O3. The minimum atomic E-state index is -0.237. The van der Waals surface area contributed by atoms with Crippen LogP contribution in [0.25, 0.3) is 11.0 Å². The molecule has 0 radical (unpaired) electrons. The minimum absolute atomic E-state index is 0.157. The van der Waals surface area contributed by atoms with E-state index in [-0.39, 0.29) is 17.8 Å². The Morgan fingerprint density at radius 1 is 1.21 bits per heavy atom. The topological polar surface area (TPSA) is 58.2 Å². The van der Waals surface area contributed by atoms with E-state index < -0.39 is 0 Å². The van der Waals surface area contributed by atoms with Crippen molar-refractivity contribution in [3.63, 3.8) is 0 Å². The molecule has 1 atom stereocenters. The summed E-state index contributed by atoms with van der Waals surface area (Å²) in [5.41, 5.74) is 5.55. The van der Waals surface area contributed by atoms with Crippen LogP contribution in [0.1, 0.15) is 54.3 Å². The molecule has 29 heavy (non-hydrogen) atoms. The molecule has 3 aromatic rings. The zero-order valence-electron chi connectivity index (χ0n) is 16.7. The predicted octanol–water partition coefficient (Wildman–Crippen LogP) is 4.90. The van der Waals surface area contributed by atoms with Crippen LogP contribution in [-0.4, -0.2) is 22.4 Å². The number of ether oxygens (including phenoxy) is 1. The van der Waals surface area contributed by atoms with Gasteiger partial charge in [0.1, 0.15) is 23.3 Å². The average Bonchev–Trinajstić information content (AvgIpc) is 3.08. The van der Waals surface area contributed by atoms with Gasteiger partial charge in [0.15, 0.2) is 5.75 Å². The molecular weight excluding hydrogens is 369 g/mol. The maximum absolute atomic E-state index is 13.6. The van der Waals surface area contributed by atoms with Crippen molar-refractivity contribution >= 4 is 22.6 Å². The normalized spacial score (nSPS) is 19.3. The number of anilines is 1. The van der Waals surface area contributed by atoms with Crippen molar-refractivity contribution < 1.29 is 13.9 Å².